The summed E-state index contributed by atoms with van der Waals surface area (Å²) in [6, 6.07) is 1.73. The molecule has 14 heavy (non-hydrogen) atoms. The highest BCUT2D eigenvalue weighted by atomic mass is 79.9. The molecule has 1 aromatic heterocycles. The predicted molar refractivity (Wildman–Crippen MR) is 54.9 cm³/mol. The van der Waals surface area contributed by atoms with Gasteiger partial charge in [-0.25, -0.2) is 9.97 Å². The van der Waals surface area contributed by atoms with E-state index in [1.54, 1.807) is 12.3 Å². The lowest BCUT2D eigenvalue weighted by molar-refractivity contribution is -0.140. The highest BCUT2D eigenvalue weighted by Crippen LogP contribution is 2.05. The van der Waals surface area contributed by atoms with Crippen LogP contribution in [0.1, 0.15) is 6.92 Å². The second kappa shape index (κ2) is 5.54. The van der Waals surface area contributed by atoms with Crippen LogP contribution in [0.3, 0.4) is 0 Å². The Labute approximate surface area is 90.0 Å². The first-order valence-corrected chi connectivity index (χ1v) is 4.83. The minimum atomic E-state index is -0.282. The number of nitrogens with one attached hydrogen (secondary N) is 1. The van der Waals surface area contributed by atoms with E-state index in [2.05, 4.69) is 31.2 Å². The molecule has 0 radical (unpaired) electrons. The summed E-state index contributed by atoms with van der Waals surface area (Å²) in [5.74, 6) is 0.412. The Hall–Kier alpha value is -1.17. The topological polar surface area (TPSA) is 64.1 Å². The molecule has 6 heteroatoms. The summed E-state index contributed by atoms with van der Waals surface area (Å²) in [6.07, 6.45) is 1.63. The van der Waals surface area contributed by atoms with E-state index in [0.29, 0.717) is 23.7 Å². The van der Waals surface area contributed by atoms with Crippen molar-refractivity contribution in [1.82, 2.24) is 9.97 Å². The van der Waals surface area contributed by atoms with Crippen molar-refractivity contribution < 1.29 is 9.53 Å². The maximum atomic E-state index is 10.4. The molecule has 0 saturated carbocycles. The fraction of sp³-hybridized carbons (Fsp3) is 0.375. The van der Waals surface area contributed by atoms with Gasteiger partial charge in [0.2, 0.25) is 0 Å². The fourth-order valence-electron chi connectivity index (χ4n) is 0.807. The number of carbonyl (C=O) groups is 1. The van der Waals surface area contributed by atoms with E-state index in [1.807, 2.05) is 0 Å². The third-order valence-electron chi connectivity index (χ3n) is 1.34. The van der Waals surface area contributed by atoms with Gasteiger partial charge in [-0.1, -0.05) is 0 Å². The lowest BCUT2D eigenvalue weighted by atomic mass is 10.5. The molecule has 0 spiro atoms. The smallest absolute Gasteiger partial charge is 0.302 e. The van der Waals surface area contributed by atoms with Crippen molar-refractivity contribution in [3.8, 4) is 0 Å². The van der Waals surface area contributed by atoms with Crippen LogP contribution in [0, 0.1) is 0 Å². The molecule has 1 heterocycles. The molecular weight excluding hydrogens is 250 g/mol. The Balaban J connectivity index is 2.28. The molecule has 1 aromatic rings. The van der Waals surface area contributed by atoms with Crippen LogP contribution in [0.15, 0.2) is 17.0 Å². The van der Waals surface area contributed by atoms with Crippen LogP contribution in [-0.4, -0.2) is 29.1 Å². The number of aromatic nitrogens is 2. The van der Waals surface area contributed by atoms with Gasteiger partial charge in [0, 0.05) is 13.1 Å². The number of carbonyl (C=O) groups excluding carboxylic acids is 1. The molecule has 0 amide bonds. The second-order valence-electron chi connectivity index (χ2n) is 2.48. The minimum absolute atomic E-state index is 0.282. The Morgan fingerprint density at radius 1 is 1.71 bits per heavy atom. The molecule has 0 aliphatic rings. The molecule has 0 aliphatic carbocycles. The standard InChI is InChI=1S/C8H10BrN3O2/c1-6(13)14-5-4-10-7-2-3-11-8(9)12-7/h2-3H,4-5H2,1H3,(H,10,11,12). The van der Waals surface area contributed by atoms with Crippen LogP contribution >= 0.6 is 15.9 Å². The number of halogens is 1. The first-order chi connectivity index (χ1) is 6.68. The highest BCUT2D eigenvalue weighted by Gasteiger charge is 1.96. The molecule has 5 nitrogen and oxygen atoms in total. The summed E-state index contributed by atoms with van der Waals surface area (Å²) in [4.78, 5) is 18.3. The molecule has 0 bridgehead atoms. The van der Waals surface area contributed by atoms with Crippen molar-refractivity contribution in [3.63, 3.8) is 0 Å². The first kappa shape index (κ1) is 10.9. The van der Waals surface area contributed by atoms with Crippen LogP contribution in [0.25, 0.3) is 0 Å². The van der Waals surface area contributed by atoms with Gasteiger partial charge in [0.15, 0.2) is 4.73 Å². The van der Waals surface area contributed by atoms with Gasteiger partial charge in [-0.2, -0.15) is 0 Å². The fourth-order valence-corrected chi connectivity index (χ4v) is 1.12. The molecule has 0 aromatic carbocycles. The predicted octanol–water partition coefficient (Wildman–Crippen LogP) is 1.21. The Kier molecular flexibility index (Phi) is 4.31. The zero-order valence-corrected chi connectivity index (χ0v) is 9.24. The average Bonchev–Trinajstić information content (AvgIpc) is 2.12. The number of ether oxygens (including phenoxy) is 1. The lowest BCUT2D eigenvalue weighted by Gasteiger charge is -2.04. The second-order valence-corrected chi connectivity index (χ2v) is 3.19. The number of rotatable bonds is 4. The summed E-state index contributed by atoms with van der Waals surface area (Å²) in [6.45, 7) is 2.24. The monoisotopic (exact) mass is 259 g/mol. The molecular formula is C8H10BrN3O2. The molecule has 0 unspecified atom stereocenters. The van der Waals surface area contributed by atoms with E-state index < -0.39 is 0 Å². The van der Waals surface area contributed by atoms with Crippen LogP contribution in [-0.2, 0) is 9.53 Å². The van der Waals surface area contributed by atoms with Gasteiger partial charge in [-0.3, -0.25) is 4.79 Å². The van der Waals surface area contributed by atoms with Gasteiger partial charge < -0.3 is 10.1 Å². The largest absolute Gasteiger partial charge is 0.464 e. The van der Waals surface area contributed by atoms with Crippen LogP contribution < -0.4 is 5.32 Å². The molecule has 1 N–H and O–H groups in total. The molecule has 0 saturated heterocycles. The van der Waals surface area contributed by atoms with Crippen molar-refractivity contribution in [3.05, 3.63) is 17.0 Å². The molecule has 0 fully saturated rings. The van der Waals surface area contributed by atoms with E-state index >= 15 is 0 Å². The third kappa shape index (κ3) is 4.18. The van der Waals surface area contributed by atoms with Crippen molar-refractivity contribution in [2.45, 2.75) is 6.92 Å². The van der Waals surface area contributed by atoms with E-state index in [9.17, 15) is 4.79 Å². The van der Waals surface area contributed by atoms with E-state index in [4.69, 9.17) is 4.74 Å². The third-order valence-corrected chi connectivity index (χ3v) is 1.72. The van der Waals surface area contributed by atoms with Gasteiger partial charge in [0.1, 0.15) is 12.4 Å². The number of hydrogen-bond donors (Lipinski definition) is 1. The maximum absolute atomic E-state index is 10.4. The molecule has 0 aliphatic heterocycles. The van der Waals surface area contributed by atoms with Crippen LogP contribution in [0.4, 0.5) is 5.82 Å². The summed E-state index contributed by atoms with van der Waals surface area (Å²) in [5, 5.41) is 2.98. The summed E-state index contributed by atoms with van der Waals surface area (Å²) in [5.41, 5.74) is 0. The number of esters is 1. The normalized spacial score (nSPS) is 9.57. The van der Waals surface area contributed by atoms with Gasteiger partial charge in [0.05, 0.1) is 6.54 Å². The zero-order valence-electron chi connectivity index (χ0n) is 7.66. The number of anilines is 1. The van der Waals surface area contributed by atoms with Crippen molar-refractivity contribution in [1.29, 1.82) is 0 Å². The summed E-state index contributed by atoms with van der Waals surface area (Å²) < 4.78 is 5.26. The number of hydrogen-bond acceptors (Lipinski definition) is 5. The van der Waals surface area contributed by atoms with Crippen LogP contribution in [0.2, 0.25) is 0 Å². The van der Waals surface area contributed by atoms with Crippen molar-refractivity contribution in [2.24, 2.45) is 0 Å². The average molecular weight is 260 g/mol. The van der Waals surface area contributed by atoms with E-state index in [0.717, 1.165) is 0 Å². The lowest BCUT2D eigenvalue weighted by Crippen LogP contribution is -2.12. The molecule has 76 valence electrons. The SMILES string of the molecule is CC(=O)OCCNc1ccnc(Br)n1. The number of nitrogens with zero attached hydrogens (tertiary/aromatic N) is 2. The quantitative estimate of drug-likeness (QED) is 0.501. The van der Waals surface area contributed by atoms with Gasteiger partial charge >= 0.3 is 5.97 Å². The minimum Gasteiger partial charge on any atom is -0.464 e. The zero-order chi connectivity index (χ0) is 10.4. The van der Waals surface area contributed by atoms with Gasteiger partial charge in [0.25, 0.3) is 0 Å². The van der Waals surface area contributed by atoms with Gasteiger partial charge in [-0.15, -0.1) is 0 Å². The Morgan fingerprint density at radius 2 is 2.50 bits per heavy atom. The first-order valence-electron chi connectivity index (χ1n) is 4.04. The Bertz CT molecular complexity index is 319. The van der Waals surface area contributed by atoms with E-state index in [-0.39, 0.29) is 5.97 Å². The molecule has 1 rings (SSSR count). The highest BCUT2D eigenvalue weighted by molar-refractivity contribution is 9.10. The summed E-state index contributed by atoms with van der Waals surface area (Å²) >= 11 is 3.15. The Morgan fingerprint density at radius 3 is 3.14 bits per heavy atom. The van der Waals surface area contributed by atoms with Crippen LogP contribution in [0.5, 0.6) is 0 Å². The molecule has 0 atom stereocenters. The van der Waals surface area contributed by atoms with Gasteiger partial charge in [-0.05, 0) is 22.0 Å². The van der Waals surface area contributed by atoms with E-state index in [1.165, 1.54) is 6.92 Å². The van der Waals surface area contributed by atoms with Crippen molar-refractivity contribution in [2.75, 3.05) is 18.5 Å². The summed E-state index contributed by atoms with van der Waals surface area (Å²) in [7, 11) is 0. The maximum Gasteiger partial charge on any atom is 0.302 e. The van der Waals surface area contributed by atoms with Crippen molar-refractivity contribution >= 4 is 27.7 Å².